The van der Waals surface area contributed by atoms with E-state index in [1.807, 2.05) is 53.4 Å². The molecule has 4 nitrogen and oxygen atoms in total. The van der Waals surface area contributed by atoms with Crippen molar-refractivity contribution in [2.75, 3.05) is 17.2 Å². The monoisotopic (exact) mass is 324 g/mol. The molecule has 24 heavy (non-hydrogen) atoms. The molecule has 2 aromatic carbocycles. The quantitative estimate of drug-likeness (QED) is 0.854. The SMILES string of the molecule is CC(C)CCN1C(=O)C(Cc2ccccc2)Oc2cc(N)ccc21. The van der Waals surface area contributed by atoms with Gasteiger partial charge in [0.25, 0.3) is 5.91 Å². The Kier molecular flexibility index (Phi) is 4.74. The molecule has 0 radical (unpaired) electrons. The highest BCUT2D eigenvalue weighted by Crippen LogP contribution is 2.36. The topological polar surface area (TPSA) is 55.6 Å². The molecule has 3 rings (SSSR count). The number of rotatable bonds is 5. The lowest BCUT2D eigenvalue weighted by Gasteiger charge is -2.35. The van der Waals surface area contributed by atoms with Crippen LogP contribution in [0.2, 0.25) is 0 Å². The number of hydrogen-bond acceptors (Lipinski definition) is 3. The average Bonchev–Trinajstić information content (AvgIpc) is 2.56. The van der Waals surface area contributed by atoms with Gasteiger partial charge >= 0.3 is 0 Å². The Bertz CT molecular complexity index is 713. The Morgan fingerprint density at radius 3 is 2.62 bits per heavy atom. The molecule has 0 bridgehead atoms. The Morgan fingerprint density at radius 2 is 1.92 bits per heavy atom. The minimum Gasteiger partial charge on any atom is -0.478 e. The van der Waals surface area contributed by atoms with Crippen molar-refractivity contribution in [3.63, 3.8) is 0 Å². The van der Waals surface area contributed by atoms with E-state index in [0.29, 0.717) is 30.3 Å². The lowest BCUT2D eigenvalue weighted by molar-refractivity contribution is -0.126. The number of hydrogen-bond donors (Lipinski definition) is 1. The van der Waals surface area contributed by atoms with Crippen LogP contribution in [0.4, 0.5) is 11.4 Å². The second-order valence-corrected chi connectivity index (χ2v) is 6.70. The molecule has 0 saturated heterocycles. The van der Waals surface area contributed by atoms with E-state index >= 15 is 0 Å². The number of nitrogens with two attached hydrogens (primary N) is 1. The standard InChI is InChI=1S/C20H24N2O2/c1-14(2)10-11-22-17-9-8-16(21)13-18(17)24-19(20(22)23)12-15-6-4-3-5-7-15/h3-9,13-14,19H,10-12,21H2,1-2H3. The van der Waals surface area contributed by atoms with Crippen molar-refractivity contribution in [1.82, 2.24) is 0 Å². The Labute approximate surface area is 143 Å². The average molecular weight is 324 g/mol. The van der Waals surface area contributed by atoms with Crippen LogP contribution in [0.25, 0.3) is 0 Å². The van der Waals surface area contributed by atoms with Crippen molar-refractivity contribution in [3.05, 3.63) is 54.1 Å². The number of ether oxygens (including phenoxy) is 1. The van der Waals surface area contributed by atoms with Gasteiger partial charge in [0.2, 0.25) is 0 Å². The zero-order valence-electron chi connectivity index (χ0n) is 14.2. The van der Waals surface area contributed by atoms with Gasteiger partial charge in [-0.2, -0.15) is 0 Å². The van der Waals surface area contributed by atoms with Crippen molar-refractivity contribution < 1.29 is 9.53 Å². The highest BCUT2D eigenvalue weighted by Gasteiger charge is 2.34. The first-order chi connectivity index (χ1) is 11.5. The molecule has 1 amide bonds. The number of benzene rings is 2. The number of carbonyl (C=O) groups excluding carboxylic acids is 1. The van der Waals surface area contributed by atoms with E-state index in [2.05, 4.69) is 13.8 Å². The van der Waals surface area contributed by atoms with Crippen LogP contribution in [-0.4, -0.2) is 18.6 Å². The number of nitrogens with zero attached hydrogens (tertiary/aromatic N) is 1. The van der Waals surface area contributed by atoms with Crippen LogP contribution in [0.15, 0.2) is 48.5 Å². The fraction of sp³-hybridized carbons (Fsp3) is 0.350. The van der Waals surface area contributed by atoms with E-state index in [4.69, 9.17) is 10.5 Å². The van der Waals surface area contributed by atoms with Crippen molar-refractivity contribution in [3.8, 4) is 5.75 Å². The van der Waals surface area contributed by atoms with E-state index in [-0.39, 0.29) is 5.91 Å². The smallest absolute Gasteiger partial charge is 0.268 e. The van der Waals surface area contributed by atoms with Gasteiger partial charge in [-0.15, -0.1) is 0 Å². The van der Waals surface area contributed by atoms with Crippen molar-refractivity contribution in [2.45, 2.75) is 32.8 Å². The molecule has 2 N–H and O–H groups in total. The normalized spacial score (nSPS) is 16.9. The number of anilines is 2. The lowest BCUT2D eigenvalue weighted by atomic mass is 10.0. The summed E-state index contributed by atoms with van der Waals surface area (Å²) >= 11 is 0. The summed E-state index contributed by atoms with van der Waals surface area (Å²) in [5, 5.41) is 0. The molecule has 1 atom stereocenters. The van der Waals surface area contributed by atoms with Crippen molar-refractivity contribution >= 4 is 17.3 Å². The summed E-state index contributed by atoms with van der Waals surface area (Å²) in [5.74, 6) is 1.25. The van der Waals surface area contributed by atoms with Gasteiger partial charge in [-0.3, -0.25) is 4.79 Å². The summed E-state index contributed by atoms with van der Waals surface area (Å²) in [6.45, 7) is 5.02. The van der Waals surface area contributed by atoms with E-state index in [9.17, 15) is 4.79 Å². The van der Waals surface area contributed by atoms with Crippen molar-refractivity contribution in [1.29, 1.82) is 0 Å². The number of nitrogen functional groups attached to an aromatic ring is 1. The number of carbonyl (C=O) groups is 1. The van der Waals surface area contributed by atoms with Crippen LogP contribution in [0.5, 0.6) is 5.75 Å². The summed E-state index contributed by atoms with van der Waals surface area (Å²) in [5.41, 5.74) is 8.45. The molecule has 0 aromatic heterocycles. The fourth-order valence-corrected chi connectivity index (χ4v) is 2.92. The van der Waals surface area contributed by atoms with E-state index in [1.165, 1.54) is 0 Å². The first-order valence-corrected chi connectivity index (χ1v) is 8.46. The van der Waals surface area contributed by atoms with Gasteiger partial charge in [0, 0.05) is 24.7 Å². The van der Waals surface area contributed by atoms with E-state index < -0.39 is 6.10 Å². The van der Waals surface area contributed by atoms with Crippen LogP contribution in [0.3, 0.4) is 0 Å². The van der Waals surface area contributed by atoms with Gasteiger partial charge in [0.15, 0.2) is 6.10 Å². The van der Waals surface area contributed by atoms with Crippen LogP contribution in [-0.2, 0) is 11.2 Å². The third kappa shape index (κ3) is 3.53. The van der Waals surface area contributed by atoms with Crippen LogP contribution in [0.1, 0.15) is 25.8 Å². The van der Waals surface area contributed by atoms with E-state index in [0.717, 1.165) is 17.7 Å². The van der Waals surface area contributed by atoms with Crippen molar-refractivity contribution in [2.24, 2.45) is 5.92 Å². The third-order valence-corrected chi connectivity index (χ3v) is 4.28. The second kappa shape index (κ2) is 6.95. The summed E-state index contributed by atoms with van der Waals surface area (Å²) in [6.07, 6.45) is 1.01. The summed E-state index contributed by atoms with van der Waals surface area (Å²) < 4.78 is 5.99. The Morgan fingerprint density at radius 1 is 1.17 bits per heavy atom. The maximum atomic E-state index is 13.0. The van der Waals surface area contributed by atoms with Crippen LogP contribution < -0.4 is 15.4 Å². The molecule has 1 unspecified atom stereocenters. The van der Waals surface area contributed by atoms with Gasteiger partial charge in [-0.1, -0.05) is 44.2 Å². The molecule has 1 heterocycles. The molecule has 2 aromatic rings. The molecule has 4 heteroatoms. The Balaban J connectivity index is 1.88. The molecule has 0 aliphatic carbocycles. The first-order valence-electron chi connectivity index (χ1n) is 8.46. The number of fused-ring (bicyclic) bond motifs is 1. The summed E-state index contributed by atoms with van der Waals surface area (Å²) in [6, 6.07) is 15.5. The highest BCUT2D eigenvalue weighted by molar-refractivity contribution is 6.00. The fourth-order valence-electron chi connectivity index (χ4n) is 2.92. The van der Waals surface area contributed by atoms with Crippen LogP contribution >= 0.6 is 0 Å². The van der Waals surface area contributed by atoms with E-state index in [1.54, 1.807) is 0 Å². The maximum Gasteiger partial charge on any atom is 0.268 e. The summed E-state index contributed by atoms with van der Waals surface area (Å²) in [7, 11) is 0. The lowest BCUT2D eigenvalue weighted by Crippen LogP contribution is -2.47. The summed E-state index contributed by atoms with van der Waals surface area (Å²) in [4.78, 5) is 14.8. The molecule has 1 aliphatic heterocycles. The first kappa shape index (κ1) is 16.4. The zero-order chi connectivity index (χ0) is 17.1. The molecule has 126 valence electrons. The van der Waals surface area contributed by atoms with Crippen LogP contribution in [0, 0.1) is 5.92 Å². The minimum absolute atomic E-state index is 0.0248. The molecular weight excluding hydrogens is 300 g/mol. The van der Waals surface area contributed by atoms with Gasteiger partial charge in [-0.05, 0) is 30.0 Å². The zero-order valence-corrected chi connectivity index (χ0v) is 14.2. The molecule has 0 spiro atoms. The molecule has 1 aliphatic rings. The molecule has 0 saturated carbocycles. The predicted octanol–water partition coefficient (Wildman–Crippen LogP) is 3.65. The highest BCUT2D eigenvalue weighted by atomic mass is 16.5. The number of amides is 1. The predicted molar refractivity (Wildman–Crippen MR) is 97.2 cm³/mol. The van der Waals surface area contributed by atoms with Gasteiger partial charge in [0.05, 0.1) is 5.69 Å². The van der Waals surface area contributed by atoms with Gasteiger partial charge in [0.1, 0.15) is 5.75 Å². The second-order valence-electron chi connectivity index (χ2n) is 6.70. The Hall–Kier alpha value is -2.49. The largest absolute Gasteiger partial charge is 0.478 e. The van der Waals surface area contributed by atoms with Gasteiger partial charge < -0.3 is 15.4 Å². The molecule has 0 fully saturated rings. The minimum atomic E-state index is -0.506. The van der Waals surface area contributed by atoms with Gasteiger partial charge in [-0.25, -0.2) is 0 Å². The maximum absolute atomic E-state index is 13.0. The molecular formula is C20H24N2O2. The third-order valence-electron chi connectivity index (χ3n) is 4.28.